The zero-order valence-electron chi connectivity index (χ0n) is 12.1. The summed E-state index contributed by atoms with van der Waals surface area (Å²) in [5, 5.41) is 11.8. The van der Waals surface area contributed by atoms with E-state index in [0.29, 0.717) is 39.1 Å². The Kier molecular flexibility index (Phi) is 5.15. The molecule has 0 saturated carbocycles. The number of aliphatic carboxylic acids is 1. The monoisotopic (exact) mass is 295 g/mol. The van der Waals surface area contributed by atoms with Gasteiger partial charge >= 0.3 is 12.0 Å². The van der Waals surface area contributed by atoms with E-state index in [-0.39, 0.29) is 6.03 Å². The van der Waals surface area contributed by atoms with E-state index in [0.717, 1.165) is 5.69 Å². The maximum absolute atomic E-state index is 12.0. The summed E-state index contributed by atoms with van der Waals surface area (Å²) >= 11 is 0. The van der Waals surface area contributed by atoms with E-state index < -0.39 is 12.0 Å². The predicted octanol–water partition coefficient (Wildman–Crippen LogP) is -0.247. The third kappa shape index (κ3) is 4.19. The Morgan fingerprint density at radius 1 is 1.43 bits per heavy atom. The van der Waals surface area contributed by atoms with Crippen LogP contribution in [0.3, 0.4) is 0 Å². The highest BCUT2D eigenvalue weighted by Gasteiger charge is 2.26. The molecule has 1 aliphatic heterocycles. The van der Waals surface area contributed by atoms with Gasteiger partial charge in [-0.2, -0.15) is 0 Å². The number of carbonyl (C=O) groups is 2. The number of aromatic amines is 1. The maximum atomic E-state index is 12.0. The molecule has 1 atom stereocenters. The Bertz CT molecular complexity index is 468. The number of nitrogens with zero attached hydrogens (tertiary/aromatic N) is 3. The Labute approximate surface area is 123 Å². The first-order valence-corrected chi connectivity index (χ1v) is 7.05. The molecule has 0 bridgehead atoms. The van der Waals surface area contributed by atoms with Crippen LogP contribution in [0.15, 0.2) is 12.5 Å². The van der Waals surface area contributed by atoms with Crippen LogP contribution < -0.4 is 5.32 Å². The molecule has 1 aromatic rings. The minimum atomic E-state index is -0.826. The average Bonchev–Trinajstić information content (AvgIpc) is 2.99. The molecule has 2 heterocycles. The molecule has 1 aromatic heterocycles. The van der Waals surface area contributed by atoms with Gasteiger partial charge in [0.25, 0.3) is 0 Å². The summed E-state index contributed by atoms with van der Waals surface area (Å²) in [4.78, 5) is 33.4. The largest absolute Gasteiger partial charge is 0.480 e. The standard InChI is InChI=1S/C13H21N5O3/c1-10(12(19)20)17-4-6-18(7-5-17)13(21)15-3-2-11-8-14-9-16-11/h8-10H,2-7H2,1H3,(H,14,16)(H,15,21)(H,19,20). The number of hydrogen-bond donors (Lipinski definition) is 3. The highest BCUT2D eigenvalue weighted by molar-refractivity contribution is 5.75. The normalized spacial score (nSPS) is 17.5. The third-order valence-corrected chi connectivity index (χ3v) is 3.73. The van der Waals surface area contributed by atoms with Crippen LogP contribution in [-0.2, 0) is 11.2 Å². The fraction of sp³-hybridized carbons (Fsp3) is 0.615. The minimum absolute atomic E-state index is 0.0999. The first-order chi connectivity index (χ1) is 10.1. The molecular weight excluding hydrogens is 274 g/mol. The third-order valence-electron chi connectivity index (χ3n) is 3.73. The second-order valence-electron chi connectivity index (χ2n) is 5.10. The predicted molar refractivity (Wildman–Crippen MR) is 75.9 cm³/mol. The van der Waals surface area contributed by atoms with Crippen LogP contribution >= 0.6 is 0 Å². The van der Waals surface area contributed by atoms with E-state index >= 15 is 0 Å². The lowest BCUT2D eigenvalue weighted by molar-refractivity contribution is -0.143. The van der Waals surface area contributed by atoms with Gasteiger partial charge in [0.05, 0.1) is 6.33 Å². The van der Waals surface area contributed by atoms with Gasteiger partial charge in [0.1, 0.15) is 6.04 Å². The van der Waals surface area contributed by atoms with E-state index in [4.69, 9.17) is 5.11 Å². The number of rotatable bonds is 5. The van der Waals surface area contributed by atoms with E-state index in [1.807, 2.05) is 4.90 Å². The molecule has 8 nitrogen and oxygen atoms in total. The number of piperazine rings is 1. The van der Waals surface area contributed by atoms with Crippen molar-refractivity contribution in [2.45, 2.75) is 19.4 Å². The van der Waals surface area contributed by atoms with Crippen LogP contribution in [0.5, 0.6) is 0 Å². The van der Waals surface area contributed by atoms with Crippen molar-refractivity contribution in [3.05, 3.63) is 18.2 Å². The highest BCUT2D eigenvalue weighted by Crippen LogP contribution is 2.06. The Hall–Kier alpha value is -2.09. The van der Waals surface area contributed by atoms with Gasteiger partial charge in [0.15, 0.2) is 0 Å². The van der Waals surface area contributed by atoms with Crippen molar-refractivity contribution in [3.63, 3.8) is 0 Å². The van der Waals surface area contributed by atoms with Crippen molar-refractivity contribution in [2.24, 2.45) is 0 Å². The molecule has 3 N–H and O–H groups in total. The number of aromatic nitrogens is 2. The molecule has 1 fully saturated rings. The second-order valence-corrected chi connectivity index (χ2v) is 5.10. The highest BCUT2D eigenvalue weighted by atomic mass is 16.4. The molecule has 0 aromatic carbocycles. The van der Waals surface area contributed by atoms with E-state index in [1.165, 1.54) is 0 Å². The number of carboxylic acid groups (broad SMARTS) is 1. The molecule has 2 rings (SSSR count). The van der Waals surface area contributed by atoms with Crippen LogP contribution in [0, 0.1) is 0 Å². The molecule has 2 amide bonds. The van der Waals surface area contributed by atoms with E-state index in [1.54, 1.807) is 24.3 Å². The zero-order valence-corrected chi connectivity index (χ0v) is 12.1. The summed E-state index contributed by atoms with van der Waals surface area (Å²) in [6.45, 7) is 4.49. The lowest BCUT2D eigenvalue weighted by Crippen LogP contribution is -2.55. The Balaban J connectivity index is 1.69. The smallest absolute Gasteiger partial charge is 0.320 e. The van der Waals surface area contributed by atoms with Gasteiger partial charge in [-0.1, -0.05) is 0 Å². The Morgan fingerprint density at radius 3 is 2.71 bits per heavy atom. The van der Waals surface area contributed by atoms with Crippen LogP contribution in [0.25, 0.3) is 0 Å². The van der Waals surface area contributed by atoms with Crippen molar-refractivity contribution in [3.8, 4) is 0 Å². The summed E-state index contributed by atoms with van der Waals surface area (Å²) < 4.78 is 0. The van der Waals surface area contributed by atoms with Crippen LogP contribution in [0.1, 0.15) is 12.6 Å². The number of hydrogen-bond acceptors (Lipinski definition) is 4. The molecule has 8 heteroatoms. The lowest BCUT2D eigenvalue weighted by atomic mass is 10.2. The Morgan fingerprint density at radius 2 is 2.14 bits per heavy atom. The number of amides is 2. The number of H-pyrrole nitrogens is 1. The number of carboxylic acids is 1. The SMILES string of the molecule is CC(C(=O)O)N1CCN(C(=O)NCCc2cnc[nH]2)CC1. The molecule has 1 unspecified atom stereocenters. The zero-order chi connectivity index (χ0) is 15.2. The second kappa shape index (κ2) is 7.07. The van der Waals surface area contributed by atoms with Gasteiger partial charge in [-0.05, 0) is 6.92 Å². The van der Waals surface area contributed by atoms with E-state index in [9.17, 15) is 9.59 Å². The van der Waals surface area contributed by atoms with Crippen LogP contribution in [0.2, 0.25) is 0 Å². The molecule has 0 radical (unpaired) electrons. The van der Waals surface area contributed by atoms with Gasteiger partial charge in [0.2, 0.25) is 0 Å². The summed E-state index contributed by atoms with van der Waals surface area (Å²) in [5.41, 5.74) is 0.982. The average molecular weight is 295 g/mol. The first kappa shape index (κ1) is 15.3. The van der Waals surface area contributed by atoms with Crippen molar-refractivity contribution in [1.29, 1.82) is 0 Å². The summed E-state index contributed by atoms with van der Waals surface area (Å²) in [6, 6.07) is -0.604. The van der Waals surface area contributed by atoms with Crippen molar-refractivity contribution in [1.82, 2.24) is 25.1 Å². The van der Waals surface area contributed by atoms with Gasteiger partial charge in [-0.3, -0.25) is 9.69 Å². The quantitative estimate of drug-likeness (QED) is 0.695. The first-order valence-electron chi connectivity index (χ1n) is 7.05. The van der Waals surface area contributed by atoms with Crippen molar-refractivity contribution >= 4 is 12.0 Å². The van der Waals surface area contributed by atoms with Crippen molar-refractivity contribution < 1.29 is 14.7 Å². The summed E-state index contributed by atoms with van der Waals surface area (Å²) in [6.07, 6.45) is 4.06. The van der Waals surface area contributed by atoms with Gasteiger partial charge in [-0.15, -0.1) is 0 Å². The fourth-order valence-electron chi connectivity index (χ4n) is 2.31. The molecular formula is C13H21N5O3. The molecule has 116 valence electrons. The molecule has 1 saturated heterocycles. The summed E-state index contributed by atoms with van der Waals surface area (Å²) in [7, 11) is 0. The van der Waals surface area contributed by atoms with Crippen LogP contribution in [-0.4, -0.2) is 75.6 Å². The maximum Gasteiger partial charge on any atom is 0.320 e. The lowest BCUT2D eigenvalue weighted by Gasteiger charge is -2.36. The van der Waals surface area contributed by atoms with Crippen molar-refractivity contribution in [2.75, 3.05) is 32.7 Å². The minimum Gasteiger partial charge on any atom is -0.480 e. The summed E-state index contributed by atoms with van der Waals surface area (Å²) in [5.74, 6) is -0.826. The molecule has 0 aliphatic carbocycles. The molecule has 1 aliphatic rings. The number of imidazole rings is 1. The van der Waals surface area contributed by atoms with Gasteiger partial charge in [0, 0.05) is 51.0 Å². The van der Waals surface area contributed by atoms with E-state index in [2.05, 4.69) is 15.3 Å². The fourth-order valence-corrected chi connectivity index (χ4v) is 2.31. The van der Waals surface area contributed by atoms with Gasteiger partial charge < -0.3 is 20.3 Å². The van der Waals surface area contributed by atoms with Gasteiger partial charge in [-0.25, -0.2) is 9.78 Å². The van der Waals surface area contributed by atoms with Crippen LogP contribution in [0.4, 0.5) is 4.79 Å². The number of urea groups is 1. The molecule has 0 spiro atoms. The number of nitrogens with one attached hydrogen (secondary N) is 2. The topological polar surface area (TPSA) is 102 Å². The number of carbonyl (C=O) groups excluding carboxylic acids is 1. The molecule has 21 heavy (non-hydrogen) atoms.